The van der Waals surface area contributed by atoms with Gasteiger partial charge in [0.25, 0.3) is 0 Å². The number of likely N-dealkylation sites (N-methyl/N-ethyl adjacent to an activating group) is 1. The van der Waals surface area contributed by atoms with E-state index in [1.165, 1.54) is 0 Å². The monoisotopic (exact) mass is 170 g/mol. The van der Waals surface area contributed by atoms with Gasteiger partial charge in [0.2, 0.25) is 0 Å². The highest BCUT2D eigenvalue weighted by atomic mass is 16.3. The third-order valence-corrected chi connectivity index (χ3v) is 2.20. The lowest BCUT2D eigenvalue weighted by molar-refractivity contribution is 0.0785. The molecule has 0 rings (SSSR count). The standard InChI is InChI=1S/C9H18N2O/c1-9(2,8-12)11(3)7-5-4-6-10/h12H,4-5,7-8H2,1-3H3. The van der Waals surface area contributed by atoms with Gasteiger partial charge in [0.1, 0.15) is 0 Å². The van der Waals surface area contributed by atoms with Gasteiger partial charge in [-0.1, -0.05) is 0 Å². The van der Waals surface area contributed by atoms with Crippen molar-refractivity contribution in [3.63, 3.8) is 0 Å². The van der Waals surface area contributed by atoms with Crippen molar-refractivity contribution in [2.45, 2.75) is 32.2 Å². The highest BCUT2D eigenvalue weighted by Gasteiger charge is 2.21. The van der Waals surface area contributed by atoms with Crippen molar-refractivity contribution >= 4 is 0 Å². The van der Waals surface area contributed by atoms with Crippen molar-refractivity contribution < 1.29 is 5.11 Å². The largest absolute Gasteiger partial charge is 0.394 e. The average Bonchev–Trinajstić information content (AvgIpc) is 2.05. The number of hydrogen-bond donors (Lipinski definition) is 1. The quantitative estimate of drug-likeness (QED) is 0.626. The highest BCUT2D eigenvalue weighted by molar-refractivity contribution is 4.79. The summed E-state index contributed by atoms with van der Waals surface area (Å²) in [7, 11) is 1.97. The van der Waals surface area contributed by atoms with Gasteiger partial charge in [-0.3, -0.25) is 4.90 Å². The van der Waals surface area contributed by atoms with E-state index in [1.807, 2.05) is 20.9 Å². The maximum absolute atomic E-state index is 9.01. The third kappa shape index (κ3) is 3.70. The first-order valence-electron chi connectivity index (χ1n) is 4.23. The molecule has 0 aliphatic rings. The minimum atomic E-state index is -0.171. The van der Waals surface area contributed by atoms with Crippen LogP contribution in [0.2, 0.25) is 0 Å². The molecular weight excluding hydrogens is 152 g/mol. The van der Waals surface area contributed by atoms with Gasteiger partial charge in [0.15, 0.2) is 0 Å². The predicted octanol–water partition coefficient (Wildman–Crippen LogP) is 0.993. The second-order valence-corrected chi connectivity index (χ2v) is 3.65. The molecular formula is C9H18N2O. The summed E-state index contributed by atoms with van der Waals surface area (Å²) in [6.45, 7) is 4.98. The van der Waals surface area contributed by atoms with E-state index >= 15 is 0 Å². The van der Waals surface area contributed by atoms with Crippen molar-refractivity contribution in [3.05, 3.63) is 0 Å². The zero-order valence-electron chi connectivity index (χ0n) is 8.17. The minimum Gasteiger partial charge on any atom is -0.394 e. The molecule has 0 saturated heterocycles. The molecule has 0 radical (unpaired) electrons. The first-order valence-corrected chi connectivity index (χ1v) is 4.23. The summed E-state index contributed by atoms with van der Waals surface area (Å²) in [6, 6.07) is 2.10. The van der Waals surface area contributed by atoms with Crippen LogP contribution in [0.5, 0.6) is 0 Å². The molecule has 1 N–H and O–H groups in total. The Morgan fingerprint density at radius 2 is 2.08 bits per heavy atom. The summed E-state index contributed by atoms with van der Waals surface area (Å²) in [4.78, 5) is 2.07. The molecule has 3 nitrogen and oxygen atoms in total. The zero-order valence-corrected chi connectivity index (χ0v) is 8.17. The van der Waals surface area contributed by atoms with Crippen LogP contribution in [0.3, 0.4) is 0 Å². The lowest BCUT2D eigenvalue weighted by Gasteiger charge is -2.33. The lowest BCUT2D eigenvalue weighted by atomic mass is 10.1. The van der Waals surface area contributed by atoms with Crippen molar-refractivity contribution in [1.82, 2.24) is 4.90 Å². The summed E-state index contributed by atoms with van der Waals surface area (Å²) >= 11 is 0. The molecule has 0 unspecified atom stereocenters. The minimum absolute atomic E-state index is 0.149. The topological polar surface area (TPSA) is 47.3 Å². The van der Waals surface area contributed by atoms with E-state index in [1.54, 1.807) is 0 Å². The second kappa shape index (κ2) is 5.13. The van der Waals surface area contributed by atoms with Crippen molar-refractivity contribution in [3.8, 4) is 6.07 Å². The Hall–Kier alpha value is -0.590. The fourth-order valence-corrected chi connectivity index (χ4v) is 0.819. The van der Waals surface area contributed by atoms with Gasteiger partial charge in [-0.2, -0.15) is 5.26 Å². The predicted molar refractivity (Wildman–Crippen MR) is 48.6 cm³/mol. The van der Waals surface area contributed by atoms with Gasteiger partial charge >= 0.3 is 0 Å². The van der Waals surface area contributed by atoms with Crippen LogP contribution >= 0.6 is 0 Å². The van der Waals surface area contributed by atoms with Crippen molar-refractivity contribution in [2.75, 3.05) is 20.2 Å². The maximum atomic E-state index is 9.01. The van der Waals surface area contributed by atoms with Gasteiger partial charge in [-0.15, -0.1) is 0 Å². The summed E-state index contributed by atoms with van der Waals surface area (Å²) in [5.41, 5.74) is -0.171. The van der Waals surface area contributed by atoms with Crippen LogP contribution in [0, 0.1) is 11.3 Å². The van der Waals surface area contributed by atoms with Gasteiger partial charge < -0.3 is 5.11 Å². The Morgan fingerprint density at radius 1 is 1.50 bits per heavy atom. The fourth-order valence-electron chi connectivity index (χ4n) is 0.819. The third-order valence-electron chi connectivity index (χ3n) is 2.20. The van der Waals surface area contributed by atoms with Crippen LogP contribution in [0.1, 0.15) is 26.7 Å². The first-order chi connectivity index (χ1) is 5.54. The SMILES string of the molecule is CN(CCCC#N)C(C)(C)CO. The molecule has 0 aliphatic carbocycles. The number of nitriles is 1. The van der Waals surface area contributed by atoms with E-state index in [-0.39, 0.29) is 12.1 Å². The molecule has 12 heavy (non-hydrogen) atoms. The molecule has 0 aromatic rings. The van der Waals surface area contributed by atoms with Gasteiger partial charge in [0, 0.05) is 12.0 Å². The average molecular weight is 170 g/mol. The molecule has 0 heterocycles. The smallest absolute Gasteiger partial charge is 0.0622 e. The maximum Gasteiger partial charge on any atom is 0.0622 e. The Morgan fingerprint density at radius 3 is 2.50 bits per heavy atom. The Labute approximate surface area is 74.6 Å². The van der Waals surface area contributed by atoms with E-state index < -0.39 is 0 Å². The van der Waals surface area contributed by atoms with Gasteiger partial charge in [-0.05, 0) is 33.9 Å². The number of nitrogens with zero attached hydrogens (tertiary/aromatic N) is 2. The van der Waals surface area contributed by atoms with Crippen LogP contribution in [-0.4, -0.2) is 35.7 Å². The summed E-state index contributed by atoms with van der Waals surface area (Å²) in [5.74, 6) is 0. The summed E-state index contributed by atoms with van der Waals surface area (Å²) < 4.78 is 0. The van der Waals surface area contributed by atoms with E-state index in [2.05, 4.69) is 11.0 Å². The molecule has 0 fully saturated rings. The van der Waals surface area contributed by atoms with Gasteiger partial charge in [-0.25, -0.2) is 0 Å². The van der Waals surface area contributed by atoms with Gasteiger partial charge in [0.05, 0.1) is 12.7 Å². The molecule has 0 spiro atoms. The highest BCUT2D eigenvalue weighted by Crippen LogP contribution is 2.11. The van der Waals surface area contributed by atoms with Crippen LogP contribution in [0.15, 0.2) is 0 Å². The molecule has 0 saturated carbocycles. The summed E-state index contributed by atoms with van der Waals surface area (Å²) in [5, 5.41) is 17.3. The first kappa shape index (κ1) is 11.4. The van der Waals surface area contributed by atoms with Crippen molar-refractivity contribution in [2.24, 2.45) is 0 Å². The Balaban J connectivity index is 3.72. The number of unbranched alkanes of at least 4 members (excludes halogenated alkanes) is 1. The zero-order chi connectivity index (χ0) is 9.61. The molecule has 0 aromatic heterocycles. The lowest BCUT2D eigenvalue weighted by Crippen LogP contribution is -2.44. The number of aliphatic hydroxyl groups excluding tert-OH is 1. The second-order valence-electron chi connectivity index (χ2n) is 3.65. The van der Waals surface area contributed by atoms with Crippen LogP contribution in [0.4, 0.5) is 0 Å². The molecule has 0 amide bonds. The fraction of sp³-hybridized carbons (Fsp3) is 0.889. The number of hydrogen-bond acceptors (Lipinski definition) is 3. The molecule has 0 atom stereocenters. The normalized spacial score (nSPS) is 11.7. The Kier molecular flexibility index (Phi) is 4.87. The Bertz CT molecular complexity index is 160. The van der Waals surface area contributed by atoms with Crippen LogP contribution in [-0.2, 0) is 0 Å². The van der Waals surface area contributed by atoms with E-state index in [0.717, 1.165) is 13.0 Å². The van der Waals surface area contributed by atoms with Crippen molar-refractivity contribution in [1.29, 1.82) is 5.26 Å². The van der Waals surface area contributed by atoms with E-state index in [9.17, 15) is 0 Å². The van der Waals surface area contributed by atoms with Crippen LogP contribution < -0.4 is 0 Å². The molecule has 70 valence electrons. The van der Waals surface area contributed by atoms with E-state index in [0.29, 0.717) is 6.42 Å². The molecule has 0 aromatic carbocycles. The molecule has 0 bridgehead atoms. The van der Waals surface area contributed by atoms with Crippen LogP contribution in [0.25, 0.3) is 0 Å². The summed E-state index contributed by atoms with van der Waals surface area (Å²) in [6.07, 6.45) is 1.46. The molecule has 0 aliphatic heterocycles. The molecule has 3 heteroatoms. The van der Waals surface area contributed by atoms with E-state index in [4.69, 9.17) is 10.4 Å². The number of aliphatic hydroxyl groups is 1. The number of rotatable bonds is 5.